The lowest BCUT2D eigenvalue weighted by Gasteiger charge is -2.05. The number of aromatic nitrogens is 2. The quantitative estimate of drug-likeness (QED) is 0.771. The Kier molecular flexibility index (Phi) is 4.20. The average molecular weight is 324 g/mol. The molecule has 0 atom stereocenters. The van der Waals surface area contributed by atoms with Crippen molar-refractivity contribution < 1.29 is 14.6 Å². The fourth-order valence-electron chi connectivity index (χ4n) is 2.32. The van der Waals surface area contributed by atoms with Crippen LogP contribution in [0.3, 0.4) is 0 Å². The fourth-order valence-corrected chi connectivity index (χ4v) is 2.32. The summed E-state index contributed by atoms with van der Waals surface area (Å²) in [6.45, 7) is 0. The normalized spacial score (nSPS) is 11.1. The lowest BCUT2D eigenvalue weighted by Crippen LogP contribution is -2.09. The van der Waals surface area contributed by atoms with Gasteiger partial charge in [0.25, 0.3) is 5.56 Å². The van der Waals surface area contributed by atoms with Gasteiger partial charge in [0.2, 0.25) is 0 Å². The molecule has 3 aromatic rings. The van der Waals surface area contributed by atoms with Crippen molar-refractivity contribution in [2.24, 2.45) is 0 Å². The lowest BCUT2D eigenvalue weighted by molar-refractivity contribution is 0.394. The molecule has 6 heteroatoms. The van der Waals surface area contributed by atoms with E-state index >= 15 is 0 Å². The number of benzene rings is 2. The molecule has 2 aromatic carbocycles. The summed E-state index contributed by atoms with van der Waals surface area (Å²) in [5.74, 6) is 1.79. The molecule has 1 heterocycles. The molecule has 0 radical (unpaired) electrons. The number of rotatable bonds is 4. The van der Waals surface area contributed by atoms with Crippen molar-refractivity contribution in [3.63, 3.8) is 0 Å². The first-order chi connectivity index (χ1) is 11.6. The van der Waals surface area contributed by atoms with Crippen LogP contribution < -0.4 is 15.0 Å². The molecule has 0 aliphatic heterocycles. The fraction of sp³-hybridized carbons (Fsp3) is 0.111. The third kappa shape index (κ3) is 3.22. The van der Waals surface area contributed by atoms with Crippen molar-refractivity contribution in [3.05, 3.63) is 58.1 Å². The molecule has 0 spiro atoms. The van der Waals surface area contributed by atoms with Gasteiger partial charge in [-0.15, -0.1) is 0 Å². The third-order valence-electron chi connectivity index (χ3n) is 3.51. The molecular formula is C18H16N2O4. The number of nitrogens with zero attached hydrogens (tertiary/aromatic N) is 1. The van der Waals surface area contributed by atoms with Gasteiger partial charge in [0, 0.05) is 6.07 Å². The second kappa shape index (κ2) is 6.45. The van der Waals surface area contributed by atoms with Gasteiger partial charge in [0.05, 0.1) is 25.1 Å². The van der Waals surface area contributed by atoms with Gasteiger partial charge in [-0.05, 0) is 42.0 Å². The second-order valence-electron chi connectivity index (χ2n) is 5.13. The van der Waals surface area contributed by atoms with E-state index in [4.69, 9.17) is 9.47 Å². The van der Waals surface area contributed by atoms with Gasteiger partial charge < -0.3 is 19.6 Å². The molecule has 24 heavy (non-hydrogen) atoms. The number of methoxy groups -OCH3 is 2. The molecule has 0 saturated carbocycles. The Morgan fingerprint density at radius 3 is 2.42 bits per heavy atom. The van der Waals surface area contributed by atoms with Crippen LogP contribution in [0.4, 0.5) is 0 Å². The molecule has 0 fully saturated rings. The third-order valence-corrected chi connectivity index (χ3v) is 3.51. The number of hydrogen-bond acceptors (Lipinski definition) is 5. The van der Waals surface area contributed by atoms with Crippen molar-refractivity contribution in [1.82, 2.24) is 9.97 Å². The van der Waals surface area contributed by atoms with Crippen molar-refractivity contribution in [2.45, 2.75) is 0 Å². The molecule has 0 bridgehead atoms. The van der Waals surface area contributed by atoms with E-state index in [9.17, 15) is 9.90 Å². The highest BCUT2D eigenvalue weighted by Crippen LogP contribution is 2.23. The standard InChI is InChI=1S/C18H16N2O4/c1-23-13-7-11(8-14(10-13)24-2)3-6-17-19-16-5-4-12(21)9-15(16)18(22)20-17/h3-10,21H,1-2H3,(H,19,20,22)/b6-3+. The Morgan fingerprint density at radius 2 is 1.75 bits per heavy atom. The minimum absolute atomic E-state index is 0.0292. The smallest absolute Gasteiger partial charge is 0.259 e. The summed E-state index contributed by atoms with van der Waals surface area (Å²) in [6.07, 6.45) is 3.50. The summed E-state index contributed by atoms with van der Waals surface area (Å²) in [7, 11) is 3.17. The van der Waals surface area contributed by atoms with Gasteiger partial charge >= 0.3 is 0 Å². The Morgan fingerprint density at radius 1 is 1.04 bits per heavy atom. The number of aromatic hydroxyl groups is 1. The minimum Gasteiger partial charge on any atom is -0.508 e. The molecule has 6 nitrogen and oxygen atoms in total. The average Bonchev–Trinajstić information content (AvgIpc) is 2.60. The van der Waals surface area contributed by atoms with Crippen LogP contribution in [0.5, 0.6) is 17.2 Å². The SMILES string of the molecule is COc1cc(/C=C/c2nc3ccc(O)cc3c(=O)[nH]2)cc(OC)c1. The maximum Gasteiger partial charge on any atom is 0.259 e. The van der Waals surface area contributed by atoms with Crippen molar-refractivity contribution >= 4 is 23.1 Å². The van der Waals surface area contributed by atoms with Crippen LogP contribution in [0, 0.1) is 0 Å². The molecular weight excluding hydrogens is 308 g/mol. The summed E-state index contributed by atoms with van der Waals surface area (Å²) in [5, 5.41) is 9.80. The van der Waals surface area contributed by atoms with Gasteiger partial charge in [-0.1, -0.05) is 6.08 Å². The Hall–Kier alpha value is -3.28. The summed E-state index contributed by atoms with van der Waals surface area (Å²) in [5.41, 5.74) is 1.05. The van der Waals surface area contributed by atoms with Crippen LogP contribution in [0.2, 0.25) is 0 Å². The van der Waals surface area contributed by atoms with Gasteiger partial charge in [-0.25, -0.2) is 4.98 Å². The highest BCUT2D eigenvalue weighted by Gasteiger charge is 2.04. The summed E-state index contributed by atoms with van der Waals surface area (Å²) in [4.78, 5) is 19.1. The van der Waals surface area contributed by atoms with E-state index in [1.54, 1.807) is 38.5 Å². The second-order valence-corrected chi connectivity index (χ2v) is 5.13. The number of aromatic amines is 1. The number of phenols is 1. The molecule has 2 N–H and O–H groups in total. The van der Waals surface area contributed by atoms with Gasteiger partial charge in [0.15, 0.2) is 0 Å². The first-order valence-electron chi connectivity index (χ1n) is 7.23. The highest BCUT2D eigenvalue weighted by molar-refractivity contribution is 5.80. The van der Waals surface area contributed by atoms with Crippen LogP contribution >= 0.6 is 0 Å². The number of hydrogen-bond donors (Lipinski definition) is 2. The number of fused-ring (bicyclic) bond motifs is 1. The van der Waals surface area contributed by atoms with E-state index in [2.05, 4.69) is 9.97 Å². The molecule has 122 valence electrons. The van der Waals surface area contributed by atoms with Crippen LogP contribution in [0.25, 0.3) is 23.1 Å². The van der Waals surface area contributed by atoms with E-state index < -0.39 is 0 Å². The first kappa shape index (κ1) is 15.6. The maximum absolute atomic E-state index is 12.1. The molecule has 0 unspecified atom stereocenters. The van der Waals surface area contributed by atoms with Crippen LogP contribution in [-0.4, -0.2) is 29.3 Å². The largest absolute Gasteiger partial charge is 0.508 e. The van der Waals surface area contributed by atoms with E-state index in [-0.39, 0.29) is 11.3 Å². The molecule has 0 amide bonds. The number of nitrogens with one attached hydrogen (secondary N) is 1. The zero-order valence-electron chi connectivity index (χ0n) is 13.2. The molecule has 0 aliphatic rings. The Balaban J connectivity index is 1.99. The van der Waals surface area contributed by atoms with Gasteiger partial charge in [-0.3, -0.25) is 4.79 Å². The van der Waals surface area contributed by atoms with E-state index in [1.165, 1.54) is 12.1 Å². The first-order valence-corrected chi connectivity index (χ1v) is 7.23. The Labute approximate surface area is 138 Å². The molecule has 0 aliphatic carbocycles. The van der Waals surface area contributed by atoms with E-state index in [1.807, 2.05) is 12.1 Å². The van der Waals surface area contributed by atoms with Crippen molar-refractivity contribution in [1.29, 1.82) is 0 Å². The lowest BCUT2D eigenvalue weighted by atomic mass is 10.2. The van der Waals surface area contributed by atoms with Crippen LogP contribution in [-0.2, 0) is 0 Å². The molecule has 0 saturated heterocycles. The zero-order chi connectivity index (χ0) is 17.1. The monoisotopic (exact) mass is 324 g/mol. The summed E-state index contributed by atoms with van der Waals surface area (Å²) < 4.78 is 10.5. The van der Waals surface area contributed by atoms with E-state index in [0.717, 1.165) is 5.56 Å². The summed E-state index contributed by atoms with van der Waals surface area (Å²) >= 11 is 0. The maximum atomic E-state index is 12.1. The van der Waals surface area contributed by atoms with Gasteiger partial charge in [-0.2, -0.15) is 0 Å². The topological polar surface area (TPSA) is 84.4 Å². The Bertz CT molecular complexity index is 954. The number of H-pyrrole nitrogens is 1. The predicted octanol–water partition coefficient (Wildman–Crippen LogP) is 2.82. The van der Waals surface area contributed by atoms with Crippen LogP contribution in [0.15, 0.2) is 41.2 Å². The van der Waals surface area contributed by atoms with Crippen molar-refractivity contribution in [3.8, 4) is 17.2 Å². The number of ether oxygens (including phenoxy) is 2. The highest BCUT2D eigenvalue weighted by atomic mass is 16.5. The van der Waals surface area contributed by atoms with Gasteiger partial charge in [0.1, 0.15) is 23.1 Å². The minimum atomic E-state index is -0.307. The molecule has 1 aromatic heterocycles. The van der Waals surface area contributed by atoms with E-state index in [0.29, 0.717) is 28.2 Å². The van der Waals surface area contributed by atoms with Crippen LogP contribution in [0.1, 0.15) is 11.4 Å². The zero-order valence-corrected chi connectivity index (χ0v) is 13.2. The predicted molar refractivity (Wildman–Crippen MR) is 92.5 cm³/mol. The number of phenolic OH excluding ortho intramolecular Hbond substituents is 1. The molecule has 3 rings (SSSR count). The summed E-state index contributed by atoms with van der Waals surface area (Å²) in [6, 6.07) is 9.95. The van der Waals surface area contributed by atoms with Crippen molar-refractivity contribution in [2.75, 3.05) is 14.2 Å².